The molecule has 0 radical (unpaired) electrons. The minimum Gasteiger partial charge on any atom is -0.346 e. The number of Topliss-reactive ketones (excluding diaryl/α,β-unsaturated/α-hetero) is 1. The fourth-order valence-electron chi connectivity index (χ4n) is 2.88. The molecule has 1 amide bonds. The van der Waals surface area contributed by atoms with E-state index in [0.29, 0.717) is 5.75 Å². The lowest BCUT2D eigenvalue weighted by Gasteiger charge is -2.13. The number of ketones is 1. The average molecular weight is 434 g/mol. The lowest BCUT2D eigenvalue weighted by molar-refractivity contribution is -0.125. The molecule has 0 aromatic rings. The fraction of sp³-hybridized carbons (Fsp3) is 0.615. The maximum absolute atomic E-state index is 11.5. The van der Waals surface area contributed by atoms with Crippen LogP contribution in [-0.4, -0.2) is 29.2 Å². The van der Waals surface area contributed by atoms with Gasteiger partial charge in [-0.1, -0.05) is 46.6 Å². The molecule has 0 saturated heterocycles. The zero-order valence-corrected chi connectivity index (χ0v) is 21.1. The number of allylic oxidation sites excluding steroid dienone is 7. The molecule has 3 nitrogen and oxygen atoms in total. The molecule has 0 aromatic carbocycles. The molecular weight excluding hydrogens is 390 g/mol. The fourth-order valence-corrected chi connectivity index (χ4v) is 3.97. The number of amides is 1. The zero-order chi connectivity index (χ0) is 22.9. The van der Waals surface area contributed by atoms with Gasteiger partial charge in [-0.2, -0.15) is 11.8 Å². The highest BCUT2D eigenvalue weighted by Gasteiger charge is 2.14. The zero-order valence-electron chi connectivity index (χ0n) is 20.3. The number of carbonyl (C=O) groups excluding carboxylic acids is 2. The van der Waals surface area contributed by atoms with Gasteiger partial charge in [-0.25, -0.2) is 0 Å². The molecule has 0 heterocycles. The van der Waals surface area contributed by atoms with Crippen molar-refractivity contribution in [1.29, 1.82) is 0 Å². The number of hydrogen-bond donors (Lipinski definition) is 1. The number of carbonyl (C=O) groups is 2. The molecule has 0 spiro atoms. The van der Waals surface area contributed by atoms with Gasteiger partial charge < -0.3 is 5.32 Å². The molecule has 0 aliphatic carbocycles. The summed E-state index contributed by atoms with van der Waals surface area (Å²) in [7, 11) is 0. The summed E-state index contributed by atoms with van der Waals surface area (Å²) in [5.74, 6) is 1.35. The van der Waals surface area contributed by atoms with Crippen molar-refractivity contribution in [2.75, 3.05) is 11.5 Å². The Bertz CT molecular complexity index is 652. The van der Waals surface area contributed by atoms with E-state index in [1.807, 2.05) is 0 Å². The molecule has 0 aliphatic rings. The lowest BCUT2D eigenvalue weighted by Crippen LogP contribution is -2.40. The van der Waals surface area contributed by atoms with Crippen LogP contribution in [0.4, 0.5) is 0 Å². The van der Waals surface area contributed by atoms with E-state index in [-0.39, 0.29) is 17.7 Å². The number of nitrogens with one attached hydrogen (secondary N) is 1. The number of rotatable bonds is 15. The second-order valence-corrected chi connectivity index (χ2v) is 9.53. The first-order valence-electron chi connectivity index (χ1n) is 11.1. The summed E-state index contributed by atoms with van der Waals surface area (Å²) < 4.78 is 0. The predicted octanol–water partition coefficient (Wildman–Crippen LogP) is 6.96. The summed E-state index contributed by atoms with van der Waals surface area (Å²) in [5, 5.41) is 2.71. The molecule has 0 saturated carbocycles. The van der Waals surface area contributed by atoms with Crippen molar-refractivity contribution in [3.05, 3.63) is 46.6 Å². The second-order valence-electron chi connectivity index (χ2n) is 8.45. The Hall–Kier alpha value is -1.55. The van der Waals surface area contributed by atoms with Crippen LogP contribution < -0.4 is 5.32 Å². The summed E-state index contributed by atoms with van der Waals surface area (Å²) in [6.07, 6.45) is 16.0. The standard InChI is InChI=1S/C26H43NO2S/c1-20(2)11-8-12-21(3)13-9-14-22(4)15-10-16-23(5)17-18-30-19-26(24(6)28)27-25(7)29/h11,13,15,17,26H,8-10,12,14,16,18-19H2,1-7H3,(H,27,29)/b21-13+,22-15+,23-17+/t26-/m1/s1. The summed E-state index contributed by atoms with van der Waals surface area (Å²) in [5.41, 5.74) is 5.72. The van der Waals surface area contributed by atoms with E-state index in [1.165, 1.54) is 36.1 Å². The van der Waals surface area contributed by atoms with Crippen molar-refractivity contribution in [2.24, 2.45) is 0 Å². The van der Waals surface area contributed by atoms with Crippen LogP contribution in [0.15, 0.2) is 46.6 Å². The molecular formula is C26H43NO2S. The third-order valence-electron chi connectivity index (χ3n) is 4.86. The molecule has 0 fully saturated rings. The first kappa shape index (κ1) is 28.5. The Labute approximate surface area is 189 Å². The molecule has 0 aromatic heterocycles. The van der Waals surface area contributed by atoms with E-state index in [4.69, 9.17) is 0 Å². The Morgan fingerprint density at radius 3 is 1.63 bits per heavy atom. The predicted molar refractivity (Wildman–Crippen MR) is 134 cm³/mol. The van der Waals surface area contributed by atoms with Gasteiger partial charge in [-0.05, 0) is 80.1 Å². The van der Waals surface area contributed by atoms with Crippen LogP contribution in [-0.2, 0) is 9.59 Å². The maximum atomic E-state index is 11.5. The monoisotopic (exact) mass is 433 g/mol. The van der Waals surface area contributed by atoms with Crippen LogP contribution in [0.3, 0.4) is 0 Å². The van der Waals surface area contributed by atoms with Crippen molar-refractivity contribution in [3.63, 3.8) is 0 Å². The molecule has 0 bridgehead atoms. The normalized spacial score (nSPS) is 13.8. The van der Waals surface area contributed by atoms with E-state index in [9.17, 15) is 9.59 Å². The van der Waals surface area contributed by atoms with E-state index in [1.54, 1.807) is 11.8 Å². The van der Waals surface area contributed by atoms with Gasteiger partial charge in [0.25, 0.3) is 0 Å². The molecule has 170 valence electrons. The minimum absolute atomic E-state index is 0.0111. The van der Waals surface area contributed by atoms with E-state index in [0.717, 1.165) is 44.3 Å². The highest BCUT2D eigenvalue weighted by atomic mass is 32.2. The van der Waals surface area contributed by atoms with Crippen LogP contribution in [0.25, 0.3) is 0 Å². The van der Waals surface area contributed by atoms with Gasteiger partial charge in [0.15, 0.2) is 5.78 Å². The van der Waals surface area contributed by atoms with E-state index < -0.39 is 0 Å². The lowest BCUT2D eigenvalue weighted by atomic mass is 10.0. The van der Waals surface area contributed by atoms with Gasteiger partial charge in [0.05, 0.1) is 6.04 Å². The molecule has 0 rings (SSSR count). The molecule has 0 aliphatic heterocycles. The number of hydrogen-bond acceptors (Lipinski definition) is 3. The Morgan fingerprint density at radius 1 is 0.733 bits per heavy atom. The van der Waals surface area contributed by atoms with Crippen molar-refractivity contribution in [2.45, 2.75) is 93.0 Å². The van der Waals surface area contributed by atoms with Gasteiger partial charge in [0.1, 0.15) is 0 Å². The average Bonchev–Trinajstić information content (AvgIpc) is 2.63. The van der Waals surface area contributed by atoms with Gasteiger partial charge >= 0.3 is 0 Å². The van der Waals surface area contributed by atoms with Crippen LogP contribution >= 0.6 is 11.8 Å². The molecule has 30 heavy (non-hydrogen) atoms. The van der Waals surface area contributed by atoms with Gasteiger partial charge in [0.2, 0.25) is 5.91 Å². The second kappa shape index (κ2) is 17.2. The highest BCUT2D eigenvalue weighted by molar-refractivity contribution is 7.99. The first-order chi connectivity index (χ1) is 14.1. The first-order valence-corrected chi connectivity index (χ1v) is 12.2. The smallest absolute Gasteiger partial charge is 0.217 e. The van der Waals surface area contributed by atoms with Crippen molar-refractivity contribution < 1.29 is 9.59 Å². The SMILES string of the molecule is CC(=O)N[C@H](CSC/C=C(\C)CC/C=C(\C)CC/C=C(\C)CCC=C(C)C)C(C)=O. The molecule has 1 N–H and O–H groups in total. The maximum Gasteiger partial charge on any atom is 0.217 e. The van der Waals surface area contributed by atoms with Gasteiger partial charge in [-0.3, -0.25) is 9.59 Å². The number of thioether (sulfide) groups is 1. The van der Waals surface area contributed by atoms with Crippen molar-refractivity contribution in [1.82, 2.24) is 5.32 Å². The summed E-state index contributed by atoms with van der Waals surface area (Å²) >= 11 is 1.68. The quantitative estimate of drug-likeness (QED) is 0.224. The van der Waals surface area contributed by atoms with Crippen LogP contribution in [0.5, 0.6) is 0 Å². The Morgan fingerprint density at radius 2 is 1.20 bits per heavy atom. The largest absolute Gasteiger partial charge is 0.346 e. The third kappa shape index (κ3) is 17.3. The molecule has 1 atom stereocenters. The van der Waals surface area contributed by atoms with E-state index >= 15 is 0 Å². The molecule has 0 unspecified atom stereocenters. The third-order valence-corrected chi connectivity index (χ3v) is 5.83. The van der Waals surface area contributed by atoms with Crippen LogP contribution in [0.1, 0.15) is 87.0 Å². The van der Waals surface area contributed by atoms with Gasteiger partial charge in [-0.15, -0.1) is 0 Å². The van der Waals surface area contributed by atoms with Crippen molar-refractivity contribution >= 4 is 23.5 Å². The van der Waals surface area contributed by atoms with Crippen LogP contribution in [0.2, 0.25) is 0 Å². The summed E-state index contributed by atoms with van der Waals surface area (Å²) in [6.45, 7) is 13.9. The minimum atomic E-state index is -0.378. The van der Waals surface area contributed by atoms with Crippen molar-refractivity contribution in [3.8, 4) is 0 Å². The topological polar surface area (TPSA) is 46.2 Å². The molecule has 4 heteroatoms. The van der Waals surface area contributed by atoms with Gasteiger partial charge in [0, 0.05) is 18.4 Å². The summed E-state index contributed by atoms with van der Waals surface area (Å²) in [4.78, 5) is 22.7. The Balaban J connectivity index is 4.12. The van der Waals surface area contributed by atoms with E-state index in [2.05, 4.69) is 64.2 Å². The Kier molecular flexibility index (Phi) is 16.3. The summed E-state index contributed by atoms with van der Waals surface area (Å²) in [6, 6.07) is -0.378. The highest BCUT2D eigenvalue weighted by Crippen LogP contribution is 2.14. The van der Waals surface area contributed by atoms with Crippen LogP contribution in [0, 0.1) is 0 Å².